The summed E-state index contributed by atoms with van der Waals surface area (Å²) in [6.45, 7) is -0.455. The van der Waals surface area contributed by atoms with Crippen LogP contribution in [0.2, 0.25) is 5.02 Å². The predicted molar refractivity (Wildman–Crippen MR) is 122 cm³/mol. The third-order valence-electron chi connectivity index (χ3n) is 5.65. The second-order valence-electron chi connectivity index (χ2n) is 8.16. The van der Waals surface area contributed by atoms with Crippen LogP contribution < -0.4 is 9.44 Å². The van der Waals surface area contributed by atoms with E-state index in [2.05, 4.69) is 4.72 Å². The van der Waals surface area contributed by atoms with E-state index in [1.54, 1.807) is 0 Å². The number of benzene rings is 2. The minimum atomic E-state index is -5.48. The van der Waals surface area contributed by atoms with E-state index in [4.69, 9.17) is 11.6 Å². The molecule has 0 bridgehead atoms. The molecule has 1 saturated carbocycles. The topological polar surface area (TPSA) is 126 Å². The van der Waals surface area contributed by atoms with Gasteiger partial charge in [-0.3, -0.25) is 0 Å². The Morgan fingerprint density at radius 3 is 2.06 bits per heavy atom. The highest BCUT2D eigenvalue weighted by Gasteiger charge is 2.45. The number of sulfonamides is 2. The fourth-order valence-electron chi connectivity index (χ4n) is 3.77. The minimum absolute atomic E-state index is 0.0920. The average molecular weight is 593 g/mol. The Kier molecular flexibility index (Phi) is 8.42. The number of hydrogen-bond donors (Lipinski definition) is 2. The van der Waals surface area contributed by atoms with Crippen LogP contribution in [0.25, 0.3) is 0 Å². The molecular weight excluding hydrogens is 572 g/mol. The summed E-state index contributed by atoms with van der Waals surface area (Å²) in [6.07, 6.45) is 0.768. The van der Waals surface area contributed by atoms with Crippen LogP contribution in [-0.4, -0.2) is 43.3 Å². The van der Waals surface area contributed by atoms with Crippen LogP contribution in [0.15, 0.2) is 57.2 Å². The fourth-order valence-corrected chi connectivity index (χ4v) is 8.09. The number of hydrogen-bond acceptors (Lipinski definition) is 6. The maximum absolute atomic E-state index is 14.2. The summed E-state index contributed by atoms with van der Waals surface area (Å²) in [7, 11) is -14.6. The highest BCUT2D eigenvalue weighted by Crippen LogP contribution is 2.32. The number of halogens is 5. The quantitative estimate of drug-likeness (QED) is 0.451. The van der Waals surface area contributed by atoms with Crippen molar-refractivity contribution in [2.75, 3.05) is 6.54 Å². The molecule has 0 atom stereocenters. The first-order valence-corrected chi connectivity index (χ1v) is 15.2. The Hall–Kier alpha value is -1.78. The molecule has 1 aliphatic carbocycles. The first kappa shape index (κ1) is 28.8. The molecule has 36 heavy (non-hydrogen) atoms. The van der Waals surface area contributed by atoms with Gasteiger partial charge >= 0.3 is 15.5 Å². The monoisotopic (exact) mass is 592 g/mol. The maximum atomic E-state index is 14.2. The zero-order valence-corrected chi connectivity index (χ0v) is 21.5. The first-order chi connectivity index (χ1) is 16.5. The van der Waals surface area contributed by atoms with E-state index in [9.17, 15) is 42.8 Å². The Morgan fingerprint density at radius 2 is 1.47 bits per heavy atom. The maximum Gasteiger partial charge on any atom is 0.511 e. The molecule has 2 aromatic carbocycles. The van der Waals surface area contributed by atoms with Crippen LogP contribution in [0, 0.1) is 11.7 Å². The number of sulfone groups is 1. The summed E-state index contributed by atoms with van der Waals surface area (Å²) in [6, 6.07) is 6.82. The van der Waals surface area contributed by atoms with Crippen molar-refractivity contribution in [3.63, 3.8) is 0 Å². The van der Waals surface area contributed by atoms with Gasteiger partial charge in [-0.2, -0.15) is 13.2 Å². The number of rotatable bonds is 8. The van der Waals surface area contributed by atoms with Crippen molar-refractivity contribution >= 4 is 41.5 Å². The van der Waals surface area contributed by atoms with Gasteiger partial charge in [0, 0.05) is 17.6 Å². The zero-order chi connectivity index (χ0) is 26.9. The Morgan fingerprint density at radius 1 is 0.861 bits per heavy atom. The molecule has 0 aliphatic heterocycles. The summed E-state index contributed by atoms with van der Waals surface area (Å²) in [5.74, 6) is -1.52. The van der Waals surface area contributed by atoms with Crippen molar-refractivity contribution < 1.29 is 42.8 Å². The normalized spacial score (nSPS) is 19.8. The van der Waals surface area contributed by atoms with Gasteiger partial charge in [-0.25, -0.2) is 39.1 Å². The van der Waals surface area contributed by atoms with Crippen LogP contribution in [0.4, 0.5) is 17.6 Å². The summed E-state index contributed by atoms with van der Waals surface area (Å²) in [4.78, 5) is -2.09. The SMILES string of the molecule is O=S(=O)(NC1CCC(CNS(=O)(=O)C(F)(F)F)CC1)c1ccc(Cl)cc1S(=O)(=O)c1ccccc1F. The molecule has 200 valence electrons. The van der Waals surface area contributed by atoms with E-state index in [1.165, 1.54) is 22.9 Å². The number of alkyl halides is 3. The summed E-state index contributed by atoms with van der Waals surface area (Å²) in [5, 5.41) is -0.0920. The Labute approximate surface area is 211 Å². The molecule has 0 aromatic heterocycles. The molecule has 0 spiro atoms. The summed E-state index contributed by atoms with van der Waals surface area (Å²) >= 11 is 5.91. The van der Waals surface area contributed by atoms with Gasteiger partial charge in [-0.15, -0.1) is 0 Å². The van der Waals surface area contributed by atoms with Crippen molar-refractivity contribution in [1.29, 1.82) is 0 Å². The van der Waals surface area contributed by atoms with E-state index in [-0.39, 0.29) is 30.7 Å². The second kappa shape index (κ2) is 10.5. The molecular formula is C20H21ClF4N2O6S3. The van der Waals surface area contributed by atoms with Crippen LogP contribution >= 0.6 is 11.6 Å². The standard InChI is InChI=1S/C20H21ClF4N2O6S3/c21-14-7-10-18(19(11-14)34(28,29)17-4-2-1-3-16(17)22)35(30,31)27-15-8-5-13(6-9-15)12-26-36(32,33)20(23,24)25/h1-4,7,10-11,13,15,26-27H,5-6,8-9,12H2. The molecule has 0 unspecified atom stereocenters. The molecule has 0 saturated heterocycles. The van der Waals surface area contributed by atoms with Gasteiger partial charge in [-0.1, -0.05) is 23.7 Å². The van der Waals surface area contributed by atoms with E-state index >= 15 is 0 Å². The van der Waals surface area contributed by atoms with E-state index in [0.29, 0.717) is 0 Å². The van der Waals surface area contributed by atoms with Gasteiger partial charge in [0.15, 0.2) is 0 Å². The van der Waals surface area contributed by atoms with Crippen molar-refractivity contribution in [2.24, 2.45) is 5.92 Å². The largest absolute Gasteiger partial charge is 0.511 e. The first-order valence-electron chi connectivity index (χ1n) is 10.4. The van der Waals surface area contributed by atoms with Gasteiger partial charge < -0.3 is 0 Å². The summed E-state index contributed by atoms with van der Waals surface area (Å²) in [5.41, 5.74) is -5.43. The van der Waals surface area contributed by atoms with Gasteiger partial charge in [-0.05, 0) is 61.9 Å². The van der Waals surface area contributed by atoms with Gasteiger partial charge in [0.2, 0.25) is 19.9 Å². The van der Waals surface area contributed by atoms with Crippen molar-refractivity contribution in [1.82, 2.24) is 9.44 Å². The molecule has 16 heteroatoms. The van der Waals surface area contributed by atoms with Crippen molar-refractivity contribution in [3.8, 4) is 0 Å². The smallest absolute Gasteiger partial charge is 0.218 e. The highest BCUT2D eigenvalue weighted by atomic mass is 35.5. The average Bonchev–Trinajstić information content (AvgIpc) is 2.77. The van der Waals surface area contributed by atoms with Crippen LogP contribution in [0.5, 0.6) is 0 Å². The summed E-state index contributed by atoms with van der Waals surface area (Å²) < 4.78 is 130. The third-order valence-corrected chi connectivity index (χ3v) is 10.6. The molecule has 1 aliphatic rings. The molecule has 0 heterocycles. The van der Waals surface area contributed by atoms with Crippen LogP contribution in [0.3, 0.4) is 0 Å². The predicted octanol–water partition coefficient (Wildman–Crippen LogP) is 3.59. The van der Waals surface area contributed by atoms with E-state index in [0.717, 1.165) is 24.3 Å². The zero-order valence-electron chi connectivity index (χ0n) is 18.3. The van der Waals surface area contributed by atoms with Gasteiger partial charge in [0.1, 0.15) is 15.6 Å². The molecule has 1 fully saturated rings. The molecule has 0 amide bonds. The van der Waals surface area contributed by atoms with Crippen molar-refractivity contribution in [3.05, 3.63) is 53.3 Å². The molecule has 2 aromatic rings. The minimum Gasteiger partial charge on any atom is -0.218 e. The van der Waals surface area contributed by atoms with Crippen LogP contribution in [-0.2, 0) is 29.9 Å². The fraction of sp³-hybridized carbons (Fsp3) is 0.400. The Balaban J connectivity index is 1.77. The lowest BCUT2D eigenvalue weighted by atomic mass is 9.87. The lowest BCUT2D eigenvalue weighted by Crippen LogP contribution is -2.42. The van der Waals surface area contributed by atoms with Gasteiger partial charge in [0.05, 0.1) is 4.90 Å². The number of nitrogens with one attached hydrogen (secondary N) is 2. The van der Waals surface area contributed by atoms with Gasteiger partial charge in [0.25, 0.3) is 0 Å². The molecule has 0 radical (unpaired) electrons. The molecule has 8 nitrogen and oxygen atoms in total. The lowest BCUT2D eigenvalue weighted by Gasteiger charge is -2.29. The second-order valence-corrected chi connectivity index (χ2v) is 13.9. The van der Waals surface area contributed by atoms with Crippen LogP contribution in [0.1, 0.15) is 25.7 Å². The van der Waals surface area contributed by atoms with Crippen molar-refractivity contribution in [2.45, 2.75) is 51.9 Å². The van der Waals surface area contributed by atoms with E-state index < -0.39 is 74.4 Å². The molecule has 2 N–H and O–H groups in total. The molecule has 3 rings (SSSR count). The lowest BCUT2D eigenvalue weighted by molar-refractivity contribution is -0.0449. The van der Waals surface area contributed by atoms with E-state index in [1.807, 2.05) is 0 Å². The third kappa shape index (κ3) is 6.37. The Bertz CT molecular complexity index is 1440. The highest BCUT2D eigenvalue weighted by molar-refractivity contribution is 7.93.